The highest BCUT2D eigenvalue weighted by Gasteiger charge is 2.32. The third-order valence-electron chi connectivity index (χ3n) is 3.77. The minimum absolute atomic E-state index is 0.0724. The predicted molar refractivity (Wildman–Crippen MR) is 80.9 cm³/mol. The Morgan fingerprint density at radius 1 is 1.50 bits per heavy atom. The van der Waals surface area contributed by atoms with Gasteiger partial charge in [0.25, 0.3) is 5.91 Å². The molecule has 4 N–H and O–H groups in total. The number of carbonyl (C=O) groups is 1. The van der Waals surface area contributed by atoms with Crippen molar-refractivity contribution in [2.24, 2.45) is 16.8 Å². The number of benzene rings is 1. The molecule has 1 aromatic carbocycles. The van der Waals surface area contributed by atoms with E-state index in [4.69, 9.17) is 10.9 Å². The Labute approximate surface area is 126 Å². The lowest BCUT2D eigenvalue weighted by atomic mass is 10.0. The first-order valence-corrected chi connectivity index (χ1v) is 7.36. The highest BCUT2D eigenvalue weighted by Crippen LogP contribution is 2.26. The fourth-order valence-corrected chi connectivity index (χ4v) is 3.01. The molecule has 6 heteroatoms. The zero-order valence-electron chi connectivity index (χ0n) is 11.3. The van der Waals surface area contributed by atoms with Gasteiger partial charge in [-0.25, -0.2) is 0 Å². The first-order chi connectivity index (χ1) is 9.52. The van der Waals surface area contributed by atoms with Crippen LogP contribution in [0.3, 0.4) is 0 Å². The van der Waals surface area contributed by atoms with Crippen LogP contribution in [0.15, 0.2) is 27.8 Å². The number of nitrogens with two attached hydrogens (primary N) is 1. The van der Waals surface area contributed by atoms with Gasteiger partial charge in [-0.2, -0.15) is 0 Å². The SMILES string of the molecule is Cc1ccc(Br)cc1C(=O)NC1CCCC1C(N)=NO. The third kappa shape index (κ3) is 3.12. The van der Waals surface area contributed by atoms with Crippen LogP contribution in [-0.4, -0.2) is 23.0 Å². The van der Waals surface area contributed by atoms with Crippen LogP contribution >= 0.6 is 15.9 Å². The molecule has 0 aromatic heterocycles. The van der Waals surface area contributed by atoms with Crippen LogP contribution in [0.2, 0.25) is 0 Å². The summed E-state index contributed by atoms with van der Waals surface area (Å²) in [7, 11) is 0. The summed E-state index contributed by atoms with van der Waals surface area (Å²) in [5.74, 6) is -0.0124. The molecule has 1 aliphatic carbocycles. The number of nitrogens with zero attached hydrogens (tertiary/aromatic N) is 1. The van der Waals surface area contributed by atoms with Crippen molar-refractivity contribution in [1.29, 1.82) is 0 Å². The highest BCUT2D eigenvalue weighted by atomic mass is 79.9. The second-order valence-electron chi connectivity index (χ2n) is 5.10. The maximum Gasteiger partial charge on any atom is 0.251 e. The second kappa shape index (κ2) is 6.26. The Bertz CT molecular complexity index is 545. The van der Waals surface area contributed by atoms with Crippen molar-refractivity contribution in [3.8, 4) is 0 Å². The molecule has 1 aromatic rings. The number of halogens is 1. The standard InChI is InChI=1S/C14H18BrN3O2/c1-8-5-6-9(15)7-11(8)14(19)17-12-4-2-3-10(12)13(16)18-20/h5-7,10,12,20H,2-4H2,1H3,(H2,16,18)(H,17,19). The minimum Gasteiger partial charge on any atom is -0.409 e. The molecule has 2 unspecified atom stereocenters. The molecule has 1 fully saturated rings. The van der Waals surface area contributed by atoms with E-state index in [-0.39, 0.29) is 23.7 Å². The number of carbonyl (C=O) groups excluding carboxylic acids is 1. The summed E-state index contributed by atoms with van der Waals surface area (Å²) >= 11 is 3.37. The van der Waals surface area contributed by atoms with Gasteiger partial charge >= 0.3 is 0 Å². The van der Waals surface area contributed by atoms with E-state index in [0.29, 0.717) is 5.56 Å². The van der Waals surface area contributed by atoms with Crippen LogP contribution < -0.4 is 11.1 Å². The molecule has 2 rings (SSSR count). The van der Waals surface area contributed by atoms with Gasteiger partial charge in [0.15, 0.2) is 0 Å². The van der Waals surface area contributed by atoms with Crippen molar-refractivity contribution < 1.29 is 10.0 Å². The summed E-state index contributed by atoms with van der Waals surface area (Å²) in [5, 5.41) is 14.9. The Morgan fingerprint density at radius 3 is 2.95 bits per heavy atom. The lowest BCUT2D eigenvalue weighted by molar-refractivity contribution is 0.0932. The lowest BCUT2D eigenvalue weighted by Gasteiger charge is -2.20. The maximum atomic E-state index is 12.4. The minimum atomic E-state index is -0.119. The molecule has 1 amide bonds. The van der Waals surface area contributed by atoms with E-state index < -0.39 is 0 Å². The molecule has 0 radical (unpaired) electrons. The zero-order chi connectivity index (χ0) is 14.7. The Kier molecular flexibility index (Phi) is 4.65. The topological polar surface area (TPSA) is 87.7 Å². The van der Waals surface area contributed by atoms with Crippen molar-refractivity contribution in [2.45, 2.75) is 32.2 Å². The van der Waals surface area contributed by atoms with Gasteiger partial charge in [-0.05, 0) is 37.5 Å². The zero-order valence-corrected chi connectivity index (χ0v) is 12.9. The first-order valence-electron chi connectivity index (χ1n) is 6.57. The highest BCUT2D eigenvalue weighted by molar-refractivity contribution is 9.10. The van der Waals surface area contributed by atoms with E-state index in [9.17, 15) is 4.79 Å². The van der Waals surface area contributed by atoms with E-state index >= 15 is 0 Å². The van der Waals surface area contributed by atoms with Crippen molar-refractivity contribution in [3.05, 3.63) is 33.8 Å². The summed E-state index contributed by atoms with van der Waals surface area (Å²) in [4.78, 5) is 12.4. The fraction of sp³-hybridized carbons (Fsp3) is 0.429. The van der Waals surface area contributed by atoms with Gasteiger partial charge in [0.2, 0.25) is 0 Å². The molecule has 0 spiro atoms. The molecular formula is C14H18BrN3O2. The Balaban J connectivity index is 2.13. The first kappa shape index (κ1) is 14.8. The predicted octanol–water partition coefficient (Wildman–Crippen LogP) is 2.40. The number of hydrogen-bond donors (Lipinski definition) is 3. The van der Waals surface area contributed by atoms with E-state index in [0.717, 1.165) is 29.3 Å². The Hall–Kier alpha value is -1.56. The largest absolute Gasteiger partial charge is 0.409 e. The van der Waals surface area contributed by atoms with Gasteiger partial charge in [-0.15, -0.1) is 0 Å². The number of nitrogens with one attached hydrogen (secondary N) is 1. The number of amides is 1. The molecule has 0 aliphatic heterocycles. The molecule has 5 nitrogen and oxygen atoms in total. The van der Waals surface area contributed by atoms with Crippen LogP contribution in [0, 0.1) is 12.8 Å². The van der Waals surface area contributed by atoms with Crippen molar-refractivity contribution in [2.75, 3.05) is 0 Å². The van der Waals surface area contributed by atoms with Crippen LogP contribution in [0.4, 0.5) is 0 Å². The quantitative estimate of drug-likeness (QED) is 0.342. The van der Waals surface area contributed by atoms with E-state index in [1.807, 2.05) is 19.1 Å². The number of hydrogen-bond acceptors (Lipinski definition) is 3. The molecule has 108 valence electrons. The van der Waals surface area contributed by atoms with Crippen molar-refractivity contribution in [3.63, 3.8) is 0 Å². The van der Waals surface area contributed by atoms with E-state index in [1.54, 1.807) is 6.07 Å². The van der Waals surface area contributed by atoms with Crippen molar-refractivity contribution in [1.82, 2.24) is 5.32 Å². The van der Waals surface area contributed by atoms with Crippen molar-refractivity contribution >= 4 is 27.7 Å². The summed E-state index contributed by atoms with van der Waals surface area (Å²) < 4.78 is 0.868. The number of aryl methyl sites for hydroxylation is 1. The van der Waals surface area contributed by atoms with Gasteiger partial charge in [0.05, 0.1) is 0 Å². The lowest BCUT2D eigenvalue weighted by Crippen LogP contribution is -2.42. The summed E-state index contributed by atoms with van der Waals surface area (Å²) in [6.45, 7) is 1.90. The number of oxime groups is 1. The van der Waals surface area contributed by atoms with Crippen LogP contribution in [0.1, 0.15) is 35.2 Å². The maximum absolute atomic E-state index is 12.4. The molecule has 0 heterocycles. The summed E-state index contributed by atoms with van der Waals surface area (Å²) in [5.41, 5.74) is 7.24. The van der Waals surface area contributed by atoms with Crippen LogP contribution in [-0.2, 0) is 0 Å². The average Bonchev–Trinajstić information content (AvgIpc) is 2.88. The van der Waals surface area contributed by atoms with Gasteiger partial charge in [0, 0.05) is 22.0 Å². The molecule has 0 bridgehead atoms. The molecular weight excluding hydrogens is 322 g/mol. The smallest absolute Gasteiger partial charge is 0.251 e. The summed E-state index contributed by atoms with van der Waals surface area (Å²) in [6, 6.07) is 5.53. The van der Waals surface area contributed by atoms with Gasteiger partial charge < -0.3 is 16.3 Å². The van der Waals surface area contributed by atoms with Gasteiger partial charge in [0.1, 0.15) is 5.84 Å². The molecule has 1 saturated carbocycles. The van der Waals surface area contributed by atoms with Gasteiger partial charge in [-0.1, -0.05) is 33.6 Å². The van der Waals surface area contributed by atoms with Gasteiger partial charge in [-0.3, -0.25) is 4.79 Å². The molecule has 2 atom stereocenters. The van der Waals surface area contributed by atoms with Crippen LogP contribution in [0.25, 0.3) is 0 Å². The number of rotatable bonds is 3. The number of amidine groups is 1. The van der Waals surface area contributed by atoms with Crippen LogP contribution in [0.5, 0.6) is 0 Å². The Morgan fingerprint density at radius 2 is 2.25 bits per heavy atom. The van der Waals surface area contributed by atoms with E-state index in [2.05, 4.69) is 26.4 Å². The third-order valence-corrected chi connectivity index (χ3v) is 4.27. The van der Waals surface area contributed by atoms with E-state index in [1.165, 1.54) is 0 Å². The average molecular weight is 340 g/mol. The summed E-state index contributed by atoms with van der Waals surface area (Å²) in [6.07, 6.45) is 2.64. The molecule has 1 aliphatic rings. The normalized spacial score (nSPS) is 22.8. The second-order valence-corrected chi connectivity index (χ2v) is 6.02. The molecule has 0 saturated heterocycles. The molecule has 20 heavy (non-hydrogen) atoms. The fourth-order valence-electron chi connectivity index (χ4n) is 2.65. The monoisotopic (exact) mass is 339 g/mol.